The maximum Gasteiger partial charge on any atom is 0.233 e. The predicted octanol–water partition coefficient (Wildman–Crippen LogP) is 2.85. The summed E-state index contributed by atoms with van der Waals surface area (Å²) in [5.74, 6) is 0.103. The van der Waals surface area contributed by atoms with Crippen LogP contribution in [0, 0.1) is 6.92 Å². The number of nitrogens with one attached hydrogen (secondary N) is 1. The van der Waals surface area contributed by atoms with Gasteiger partial charge in [0.25, 0.3) is 0 Å². The van der Waals surface area contributed by atoms with Gasteiger partial charge in [0.05, 0.1) is 5.25 Å². The molecule has 1 heterocycles. The molecule has 90 valence electrons. The first-order valence-corrected chi connectivity index (χ1v) is 7.26. The number of thioether (sulfide) groups is 1. The fourth-order valence-electron chi connectivity index (χ4n) is 1.12. The van der Waals surface area contributed by atoms with E-state index in [0.29, 0.717) is 0 Å². The predicted molar refractivity (Wildman–Crippen MR) is 70.1 cm³/mol. The molecule has 16 heavy (non-hydrogen) atoms. The molecule has 1 N–H and O–H groups in total. The normalized spacial score (nSPS) is 12.4. The van der Waals surface area contributed by atoms with Crippen molar-refractivity contribution < 1.29 is 4.79 Å². The second-order valence-electron chi connectivity index (χ2n) is 3.66. The molecule has 0 aliphatic carbocycles. The van der Waals surface area contributed by atoms with E-state index in [2.05, 4.69) is 17.2 Å². The van der Waals surface area contributed by atoms with Gasteiger partial charge in [-0.25, -0.2) is 4.98 Å². The Hall–Kier alpha value is -0.550. The molecular weight excluding hydrogens is 240 g/mol. The van der Waals surface area contributed by atoms with E-state index in [1.54, 1.807) is 11.3 Å². The van der Waals surface area contributed by atoms with Crippen molar-refractivity contribution in [1.82, 2.24) is 10.3 Å². The largest absolute Gasteiger partial charge is 0.355 e. The average Bonchev–Trinajstić information content (AvgIpc) is 2.64. The van der Waals surface area contributed by atoms with Crippen molar-refractivity contribution in [2.75, 3.05) is 6.54 Å². The standard InChI is InChI=1S/C11H18N2OS2/c1-4-5-6-12-10(14)9(3)16-11-13-8(2)7-15-11/h7,9H,4-6H2,1-3H3,(H,12,14)/t9-/m0/s1. The lowest BCUT2D eigenvalue weighted by atomic mass is 10.3. The smallest absolute Gasteiger partial charge is 0.233 e. The van der Waals surface area contributed by atoms with Crippen molar-refractivity contribution in [1.29, 1.82) is 0 Å². The van der Waals surface area contributed by atoms with Crippen molar-refractivity contribution in [2.24, 2.45) is 0 Å². The number of aryl methyl sites for hydroxylation is 1. The molecule has 0 saturated heterocycles. The van der Waals surface area contributed by atoms with Crippen LogP contribution in [0.5, 0.6) is 0 Å². The summed E-state index contributed by atoms with van der Waals surface area (Å²) >= 11 is 3.12. The number of nitrogens with zero attached hydrogens (tertiary/aromatic N) is 1. The van der Waals surface area contributed by atoms with Crippen LogP contribution in [-0.2, 0) is 4.79 Å². The lowest BCUT2D eigenvalue weighted by Gasteiger charge is -2.09. The van der Waals surface area contributed by atoms with E-state index in [1.165, 1.54) is 11.8 Å². The number of amides is 1. The quantitative estimate of drug-likeness (QED) is 0.630. The Balaban J connectivity index is 2.34. The molecule has 0 radical (unpaired) electrons. The van der Waals surface area contributed by atoms with E-state index in [4.69, 9.17) is 0 Å². The first-order valence-electron chi connectivity index (χ1n) is 5.50. The van der Waals surface area contributed by atoms with Crippen LogP contribution in [0.25, 0.3) is 0 Å². The first kappa shape index (κ1) is 13.5. The summed E-state index contributed by atoms with van der Waals surface area (Å²) in [5, 5.41) is 4.86. The van der Waals surface area contributed by atoms with Gasteiger partial charge in [0.2, 0.25) is 5.91 Å². The first-order chi connectivity index (χ1) is 7.63. The Morgan fingerprint density at radius 1 is 1.69 bits per heavy atom. The summed E-state index contributed by atoms with van der Waals surface area (Å²) < 4.78 is 0.968. The molecule has 5 heteroatoms. The van der Waals surface area contributed by atoms with Crippen LogP contribution in [-0.4, -0.2) is 22.7 Å². The molecule has 1 rings (SSSR count). The number of aromatic nitrogens is 1. The van der Waals surface area contributed by atoms with Gasteiger partial charge < -0.3 is 5.32 Å². The molecule has 0 spiro atoms. The molecule has 1 atom stereocenters. The fraction of sp³-hybridized carbons (Fsp3) is 0.636. The van der Waals surface area contributed by atoms with Crippen LogP contribution < -0.4 is 5.32 Å². The molecule has 0 bridgehead atoms. The highest BCUT2D eigenvalue weighted by Crippen LogP contribution is 2.26. The minimum absolute atomic E-state index is 0.0672. The summed E-state index contributed by atoms with van der Waals surface area (Å²) in [4.78, 5) is 16.0. The van der Waals surface area contributed by atoms with Crippen LogP contribution in [0.3, 0.4) is 0 Å². The molecule has 0 aromatic carbocycles. The van der Waals surface area contributed by atoms with Crippen molar-refractivity contribution in [3.8, 4) is 0 Å². The summed E-state index contributed by atoms with van der Waals surface area (Å²) in [7, 11) is 0. The van der Waals surface area contributed by atoms with Crippen LogP contribution in [0.15, 0.2) is 9.72 Å². The van der Waals surface area contributed by atoms with Gasteiger partial charge >= 0.3 is 0 Å². The molecule has 0 fully saturated rings. The van der Waals surface area contributed by atoms with Gasteiger partial charge in [0, 0.05) is 17.6 Å². The zero-order valence-corrected chi connectivity index (χ0v) is 11.6. The third-order valence-corrected chi connectivity index (χ3v) is 4.26. The third-order valence-electron chi connectivity index (χ3n) is 2.07. The van der Waals surface area contributed by atoms with Crippen LogP contribution in [0.4, 0.5) is 0 Å². The number of hydrogen-bond acceptors (Lipinski definition) is 4. The molecule has 1 aromatic heterocycles. The van der Waals surface area contributed by atoms with E-state index < -0.39 is 0 Å². The van der Waals surface area contributed by atoms with Crippen LogP contribution in [0.2, 0.25) is 0 Å². The number of carbonyl (C=O) groups is 1. The Morgan fingerprint density at radius 2 is 2.44 bits per heavy atom. The van der Waals surface area contributed by atoms with Crippen molar-refractivity contribution in [3.05, 3.63) is 11.1 Å². The molecule has 0 unspecified atom stereocenters. The number of carbonyl (C=O) groups excluding carboxylic acids is 1. The zero-order chi connectivity index (χ0) is 12.0. The third kappa shape index (κ3) is 4.53. The number of hydrogen-bond donors (Lipinski definition) is 1. The number of unbranched alkanes of at least 4 members (excludes halogenated alkanes) is 1. The van der Waals surface area contributed by atoms with Gasteiger partial charge in [0.15, 0.2) is 4.34 Å². The highest BCUT2D eigenvalue weighted by atomic mass is 32.2. The van der Waals surface area contributed by atoms with Gasteiger partial charge in [-0.15, -0.1) is 11.3 Å². The minimum atomic E-state index is -0.0672. The molecule has 0 aliphatic rings. The van der Waals surface area contributed by atoms with E-state index in [-0.39, 0.29) is 11.2 Å². The second-order valence-corrected chi connectivity index (χ2v) is 6.11. The lowest BCUT2D eigenvalue weighted by molar-refractivity contribution is -0.120. The van der Waals surface area contributed by atoms with E-state index >= 15 is 0 Å². The summed E-state index contributed by atoms with van der Waals surface area (Å²) in [6, 6.07) is 0. The maximum atomic E-state index is 11.7. The van der Waals surface area contributed by atoms with Crippen LogP contribution >= 0.6 is 23.1 Å². The number of rotatable bonds is 6. The second kappa shape index (κ2) is 6.91. The van der Waals surface area contributed by atoms with E-state index in [9.17, 15) is 4.79 Å². The van der Waals surface area contributed by atoms with Crippen molar-refractivity contribution in [3.63, 3.8) is 0 Å². The zero-order valence-electron chi connectivity index (χ0n) is 9.95. The molecule has 1 aromatic rings. The summed E-state index contributed by atoms with van der Waals surface area (Å²) in [6.45, 7) is 6.77. The van der Waals surface area contributed by atoms with Crippen molar-refractivity contribution >= 4 is 29.0 Å². The SMILES string of the molecule is CCCCNC(=O)[C@H](C)Sc1nc(C)cs1. The average molecular weight is 258 g/mol. The fourth-order valence-corrected chi connectivity index (χ4v) is 3.13. The topological polar surface area (TPSA) is 42.0 Å². The molecule has 0 saturated carbocycles. The van der Waals surface area contributed by atoms with Crippen LogP contribution in [0.1, 0.15) is 32.4 Å². The Morgan fingerprint density at radius 3 is 3.00 bits per heavy atom. The Kier molecular flexibility index (Phi) is 5.84. The van der Waals surface area contributed by atoms with E-state index in [0.717, 1.165) is 29.4 Å². The monoisotopic (exact) mass is 258 g/mol. The lowest BCUT2D eigenvalue weighted by Crippen LogP contribution is -2.31. The van der Waals surface area contributed by atoms with Gasteiger partial charge in [-0.3, -0.25) is 4.79 Å². The molecular formula is C11H18N2OS2. The molecule has 3 nitrogen and oxygen atoms in total. The summed E-state index contributed by atoms with van der Waals surface area (Å²) in [6.07, 6.45) is 2.15. The summed E-state index contributed by atoms with van der Waals surface area (Å²) in [5.41, 5.74) is 1.02. The highest BCUT2D eigenvalue weighted by molar-refractivity contribution is 8.02. The molecule has 0 aliphatic heterocycles. The number of thiazole rings is 1. The van der Waals surface area contributed by atoms with Gasteiger partial charge in [0.1, 0.15) is 0 Å². The molecule has 1 amide bonds. The Bertz CT molecular complexity index is 338. The van der Waals surface area contributed by atoms with Crippen molar-refractivity contribution in [2.45, 2.75) is 43.2 Å². The van der Waals surface area contributed by atoms with Gasteiger partial charge in [-0.2, -0.15) is 0 Å². The van der Waals surface area contributed by atoms with Gasteiger partial charge in [-0.1, -0.05) is 25.1 Å². The highest BCUT2D eigenvalue weighted by Gasteiger charge is 2.15. The van der Waals surface area contributed by atoms with Gasteiger partial charge in [-0.05, 0) is 20.3 Å². The minimum Gasteiger partial charge on any atom is -0.355 e. The Labute approximate surface area is 105 Å². The van der Waals surface area contributed by atoms with E-state index in [1.807, 2.05) is 19.2 Å². The maximum absolute atomic E-state index is 11.7.